The summed E-state index contributed by atoms with van der Waals surface area (Å²) in [5.41, 5.74) is 0.525. The summed E-state index contributed by atoms with van der Waals surface area (Å²) in [6, 6.07) is 6.53. The monoisotopic (exact) mass is 306 g/mol. The van der Waals surface area contributed by atoms with Crippen molar-refractivity contribution in [2.24, 2.45) is 4.99 Å². The minimum Gasteiger partial charge on any atom is -0.476 e. The fraction of sp³-hybridized carbons (Fsp3) is 0.214. The molecule has 0 aliphatic heterocycles. The van der Waals surface area contributed by atoms with E-state index < -0.39 is 5.97 Å². The average Bonchev–Trinajstić information content (AvgIpc) is 2.53. The number of fused-ring (bicyclic) bond motifs is 1. The Hall–Kier alpha value is -2.28. The van der Waals surface area contributed by atoms with Crippen molar-refractivity contribution in [2.75, 3.05) is 20.5 Å². The number of methoxy groups -OCH3 is 2. The zero-order valence-electron chi connectivity index (χ0n) is 11.8. The number of rotatable bonds is 2. The van der Waals surface area contributed by atoms with E-state index in [0.29, 0.717) is 10.7 Å². The van der Waals surface area contributed by atoms with E-state index in [4.69, 9.17) is 9.47 Å². The third kappa shape index (κ3) is 2.92. The number of carbonyl (C=O) groups is 1. The van der Waals surface area contributed by atoms with Gasteiger partial charge in [0.1, 0.15) is 5.69 Å². The van der Waals surface area contributed by atoms with Gasteiger partial charge in [-0.05, 0) is 24.5 Å². The molecule has 0 fully saturated rings. The summed E-state index contributed by atoms with van der Waals surface area (Å²) in [6.07, 6.45) is 3.36. The third-order valence-electron chi connectivity index (χ3n) is 2.82. The Kier molecular flexibility index (Phi) is 4.64. The number of carbonyl (C=O) groups excluding carboxylic acids is 1. The van der Waals surface area contributed by atoms with Gasteiger partial charge in [0.25, 0.3) is 10.8 Å². The van der Waals surface area contributed by atoms with Crippen molar-refractivity contribution in [1.82, 2.24) is 4.40 Å². The molecule has 2 heterocycles. The minimum absolute atomic E-state index is 0.116. The smallest absolute Gasteiger partial charge is 0.340 e. The molecule has 0 N–H and O–H groups in total. The summed E-state index contributed by atoms with van der Waals surface area (Å²) in [5.74, 6) is -0.529. The molecular weight excluding hydrogens is 292 g/mol. The van der Waals surface area contributed by atoms with Crippen LogP contribution in [-0.4, -0.2) is 36.1 Å². The van der Waals surface area contributed by atoms with Crippen LogP contribution < -0.4 is 5.56 Å². The number of nitrogens with zero attached hydrogens (tertiary/aromatic N) is 2. The van der Waals surface area contributed by atoms with E-state index in [1.54, 1.807) is 30.7 Å². The molecule has 2 aromatic rings. The zero-order valence-corrected chi connectivity index (χ0v) is 12.6. The van der Waals surface area contributed by atoms with Crippen LogP contribution in [0.15, 0.2) is 40.2 Å². The van der Waals surface area contributed by atoms with E-state index in [1.807, 2.05) is 0 Å². The van der Waals surface area contributed by atoms with E-state index in [-0.39, 0.29) is 16.8 Å². The first-order valence-electron chi connectivity index (χ1n) is 6.01. The number of ether oxygens (including phenoxy) is 2. The molecule has 110 valence electrons. The summed E-state index contributed by atoms with van der Waals surface area (Å²) in [6.45, 7) is 0. The van der Waals surface area contributed by atoms with Gasteiger partial charge in [-0.25, -0.2) is 9.79 Å². The molecule has 7 heteroatoms. The van der Waals surface area contributed by atoms with Gasteiger partial charge in [-0.15, -0.1) is 0 Å². The summed E-state index contributed by atoms with van der Waals surface area (Å²) in [7, 11) is 2.76. The molecule has 6 nitrogen and oxygen atoms in total. The van der Waals surface area contributed by atoms with Crippen LogP contribution in [0.1, 0.15) is 10.4 Å². The molecule has 0 atom stereocenters. The second-order valence-corrected chi connectivity index (χ2v) is 4.74. The van der Waals surface area contributed by atoms with Crippen LogP contribution in [0.2, 0.25) is 0 Å². The summed E-state index contributed by atoms with van der Waals surface area (Å²) in [5, 5.41) is 0.332. The molecule has 0 unspecified atom stereocenters. The van der Waals surface area contributed by atoms with E-state index >= 15 is 0 Å². The maximum Gasteiger partial charge on any atom is 0.340 e. The van der Waals surface area contributed by atoms with E-state index in [2.05, 4.69) is 4.99 Å². The quantitative estimate of drug-likeness (QED) is 0.483. The fourth-order valence-corrected chi connectivity index (χ4v) is 2.22. The van der Waals surface area contributed by atoms with Crippen molar-refractivity contribution in [3.05, 3.63) is 46.4 Å². The van der Waals surface area contributed by atoms with Crippen molar-refractivity contribution >= 4 is 34.2 Å². The van der Waals surface area contributed by atoms with Gasteiger partial charge in [0.15, 0.2) is 0 Å². The van der Waals surface area contributed by atoms with Gasteiger partial charge in [-0.2, -0.15) is 0 Å². The van der Waals surface area contributed by atoms with Crippen LogP contribution >= 0.6 is 11.8 Å². The molecule has 0 saturated carbocycles. The first kappa shape index (κ1) is 15.1. The molecule has 0 aliphatic carbocycles. The second-order valence-electron chi connectivity index (χ2n) is 3.98. The van der Waals surface area contributed by atoms with Gasteiger partial charge < -0.3 is 9.47 Å². The molecule has 0 spiro atoms. The summed E-state index contributed by atoms with van der Waals surface area (Å²) < 4.78 is 11.2. The van der Waals surface area contributed by atoms with Crippen molar-refractivity contribution in [3.8, 4) is 0 Å². The predicted molar refractivity (Wildman–Crippen MR) is 82.6 cm³/mol. The topological polar surface area (TPSA) is 69.4 Å². The molecular formula is C14H14N2O4S. The van der Waals surface area contributed by atoms with Crippen molar-refractivity contribution in [2.45, 2.75) is 0 Å². The first-order chi connectivity index (χ1) is 10.1. The van der Waals surface area contributed by atoms with Crippen LogP contribution in [-0.2, 0) is 9.47 Å². The maximum absolute atomic E-state index is 12.4. The first-order valence-corrected chi connectivity index (χ1v) is 7.24. The highest BCUT2D eigenvalue weighted by molar-refractivity contribution is 8.12. The zero-order chi connectivity index (χ0) is 15.4. The van der Waals surface area contributed by atoms with Crippen LogP contribution in [0, 0.1) is 0 Å². The molecule has 0 aromatic carbocycles. The lowest BCUT2D eigenvalue weighted by molar-refractivity contribution is 0.0602. The third-order valence-corrected chi connectivity index (χ3v) is 3.43. The normalized spacial score (nSPS) is 11.5. The number of aromatic nitrogens is 1. The number of pyridine rings is 2. The Labute approximate surface area is 125 Å². The Morgan fingerprint density at radius 2 is 2.05 bits per heavy atom. The molecule has 2 aromatic heterocycles. The van der Waals surface area contributed by atoms with Crippen LogP contribution in [0.4, 0.5) is 5.69 Å². The van der Waals surface area contributed by atoms with Gasteiger partial charge in [-0.3, -0.25) is 9.20 Å². The van der Waals surface area contributed by atoms with Crippen LogP contribution in [0.25, 0.3) is 5.52 Å². The summed E-state index contributed by atoms with van der Waals surface area (Å²) in [4.78, 5) is 28.4. The second kappa shape index (κ2) is 6.45. The Balaban J connectivity index is 2.79. The van der Waals surface area contributed by atoms with Gasteiger partial charge in [0.05, 0.1) is 25.3 Å². The molecule has 2 rings (SSSR count). The van der Waals surface area contributed by atoms with E-state index in [9.17, 15) is 9.59 Å². The number of hydrogen-bond acceptors (Lipinski definition) is 6. The molecule has 0 aliphatic rings. The number of esters is 1. The van der Waals surface area contributed by atoms with Gasteiger partial charge in [0.2, 0.25) is 0 Å². The van der Waals surface area contributed by atoms with E-state index in [1.165, 1.54) is 36.4 Å². The standard InChI is InChI=1S/C14H14N2O4S/c1-19-13(18)9-8-10(15-14(20-2)21-3)12(17)16-7-5-4-6-11(9)16/h4-8H,1-3H3. The molecule has 0 bridgehead atoms. The number of thioether (sulfide) groups is 1. The van der Waals surface area contributed by atoms with Gasteiger partial charge in [0, 0.05) is 6.20 Å². The SMILES string of the molecule is COC(=O)c1cc(N=C(OC)SC)c(=O)n2ccccc12. The molecule has 21 heavy (non-hydrogen) atoms. The average molecular weight is 306 g/mol. The van der Waals surface area contributed by atoms with Crippen molar-refractivity contribution in [1.29, 1.82) is 0 Å². The minimum atomic E-state index is -0.529. The highest BCUT2D eigenvalue weighted by atomic mass is 32.2. The number of aliphatic imine (C=N–C) groups is 1. The lowest BCUT2D eigenvalue weighted by atomic mass is 10.2. The highest BCUT2D eigenvalue weighted by Gasteiger charge is 2.15. The van der Waals surface area contributed by atoms with E-state index in [0.717, 1.165) is 0 Å². The summed E-state index contributed by atoms with van der Waals surface area (Å²) >= 11 is 1.26. The largest absolute Gasteiger partial charge is 0.476 e. The Bertz CT molecular complexity index is 761. The molecule has 0 saturated heterocycles. The predicted octanol–water partition coefficient (Wildman–Crippen LogP) is 2.08. The lowest BCUT2D eigenvalue weighted by Crippen LogP contribution is -2.17. The number of hydrogen-bond donors (Lipinski definition) is 0. The molecule has 0 radical (unpaired) electrons. The van der Waals surface area contributed by atoms with Gasteiger partial charge >= 0.3 is 5.97 Å². The highest BCUT2D eigenvalue weighted by Crippen LogP contribution is 2.18. The Morgan fingerprint density at radius 1 is 1.29 bits per heavy atom. The lowest BCUT2D eigenvalue weighted by Gasteiger charge is -2.08. The van der Waals surface area contributed by atoms with Crippen LogP contribution in [0.3, 0.4) is 0 Å². The van der Waals surface area contributed by atoms with Crippen molar-refractivity contribution < 1.29 is 14.3 Å². The van der Waals surface area contributed by atoms with Crippen molar-refractivity contribution in [3.63, 3.8) is 0 Å². The van der Waals surface area contributed by atoms with Gasteiger partial charge in [-0.1, -0.05) is 17.8 Å². The maximum atomic E-state index is 12.4. The van der Waals surface area contributed by atoms with Crippen LogP contribution in [0.5, 0.6) is 0 Å². The fourth-order valence-electron chi connectivity index (χ4n) is 1.86. The Morgan fingerprint density at radius 3 is 2.67 bits per heavy atom. The molecule has 0 amide bonds.